The minimum absolute atomic E-state index is 0.0439. The van der Waals surface area contributed by atoms with Gasteiger partial charge in [-0.15, -0.1) is 0 Å². The summed E-state index contributed by atoms with van der Waals surface area (Å²) in [6, 6.07) is 11.5. The normalized spacial score (nSPS) is 10.5. The first-order valence-corrected chi connectivity index (χ1v) is 8.73. The fraction of sp³-hybridized carbons (Fsp3) is 0.350. The largest absolute Gasteiger partial charge is 0.497 e. The maximum absolute atomic E-state index is 12.5. The highest BCUT2D eigenvalue weighted by Gasteiger charge is 2.21. The van der Waals surface area contributed by atoms with E-state index in [0.717, 1.165) is 12.0 Å². The summed E-state index contributed by atoms with van der Waals surface area (Å²) in [5.74, 6) is 1.06. The molecule has 7 heteroatoms. The second-order valence-electron chi connectivity index (χ2n) is 6.46. The first-order chi connectivity index (χ1) is 12.9. The molecule has 0 atom stereocenters. The average molecular weight is 372 g/mol. The van der Waals surface area contributed by atoms with Crippen molar-refractivity contribution in [2.75, 3.05) is 13.7 Å². The van der Waals surface area contributed by atoms with Crippen molar-refractivity contribution in [2.45, 2.75) is 26.8 Å². The molecule has 0 bridgehead atoms. The van der Waals surface area contributed by atoms with Crippen molar-refractivity contribution in [3.05, 3.63) is 63.7 Å². The van der Waals surface area contributed by atoms with Gasteiger partial charge in [-0.1, -0.05) is 32.0 Å². The molecule has 27 heavy (non-hydrogen) atoms. The molecule has 1 N–H and O–H groups in total. The molecule has 0 spiro atoms. The van der Waals surface area contributed by atoms with Gasteiger partial charge in [-0.25, -0.2) is 0 Å². The van der Waals surface area contributed by atoms with E-state index in [9.17, 15) is 14.9 Å². The monoisotopic (exact) mass is 372 g/mol. The molecule has 0 aromatic heterocycles. The zero-order valence-corrected chi connectivity index (χ0v) is 15.7. The zero-order chi connectivity index (χ0) is 19.8. The number of ether oxygens (including phenoxy) is 2. The smallest absolute Gasteiger partial charge is 0.282 e. The Hall–Kier alpha value is -3.09. The van der Waals surface area contributed by atoms with Gasteiger partial charge < -0.3 is 14.8 Å². The molecule has 0 saturated heterocycles. The molecule has 0 fully saturated rings. The third-order valence-corrected chi connectivity index (χ3v) is 4.01. The molecule has 7 nitrogen and oxygen atoms in total. The Morgan fingerprint density at radius 3 is 2.63 bits per heavy atom. The topological polar surface area (TPSA) is 90.7 Å². The molecular weight excluding hydrogens is 348 g/mol. The lowest BCUT2D eigenvalue weighted by Crippen LogP contribution is -2.24. The summed E-state index contributed by atoms with van der Waals surface area (Å²) in [7, 11) is 1.44. The van der Waals surface area contributed by atoms with Crippen LogP contribution in [0.25, 0.3) is 0 Å². The Kier molecular flexibility index (Phi) is 7.16. The molecule has 0 saturated carbocycles. The highest BCUT2D eigenvalue weighted by Crippen LogP contribution is 2.24. The molecule has 2 aromatic rings. The summed E-state index contributed by atoms with van der Waals surface area (Å²) in [6.07, 6.45) is 0.927. The SMILES string of the molecule is COc1ccc([N+](=O)[O-])c(C(=O)NCc2ccccc2OCCC(C)C)c1. The van der Waals surface area contributed by atoms with Crippen LogP contribution in [0.15, 0.2) is 42.5 Å². The molecule has 2 aromatic carbocycles. The highest BCUT2D eigenvalue weighted by molar-refractivity contribution is 5.98. The van der Waals surface area contributed by atoms with E-state index in [2.05, 4.69) is 19.2 Å². The fourth-order valence-electron chi connectivity index (χ4n) is 2.45. The van der Waals surface area contributed by atoms with E-state index in [-0.39, 0.29) is 17.8 Å². The summed E-state index contributed by atoms with van der Waals surface area (Å²) in [4.78, 5) is 23.1. The maximum atomic E-state index is 12.5. The van der Waals surface area contributed by atoms with Crippen LogP contribution in [0.4, 0.5) is 5.69 Å². The summed E-state index contributed by atoms with van der Waals surface area (Å²) < 4.78 is 10.9. The number of hydrogen-bond acceptors (Lipinski definition) is 5. The number of nitro benzene ring substituents is 1. The number of nitrogens with one attached hydrogen (secondary N) is 1. The lowest BCUT2D eigenvalue weighted by molar-refractivity contribution is -0.385. The van der Waals surface area contributed by atoms with Gasteiger partial charge in [-0.05, 0) is 30.5 Å². The van der Waals surface area contributed by atoms with Crippen molar-refractivity contribution in [3.63, 3.8) is 0 Å². The Labute approximate surface area is 158 Å². The minimum atomic E-state index is -0.586. The van der Waals surface area contributed by atoms with Crippen molar-refractivity contribution in [2.24, 2.45) is 5.92 Å². The fourth-order valence-corrected chi connectivity index (χ4v) is 2.45. The Balaban J connectivity index is 2.11. The molecule has 2 rings (SSSR count). The third-order valence-electron chi connectivity index (χ3n) is 4.01. The van der Waals surface area contributed by atoms with Gasteiger partial charge in [0.05, 0.1) is 18.6 Å². The van der Waals surface area contributed by atoms with E-state index in [1.807, 2.05) is 24.3 Å². The summed E-state index contributed by atoms with van der Waals surface area (Å²) in [6.45, 7) is 5.03. The van der Waals surface area contributed by atoms with E-state index in [0.29, 0.717) is 24.0 Å². The number of para-hydroxylation sites is 1. The molecule has 0 radical (unpaired) electrons. The van der Waals surface area contributed by atoms with Crippen molar-refractivity contribution in [1.29, 1.82) is 0 Å². The Bertz CT molecular complexity index is 805. The molecule has 1 amide bonds. The van der Waals surface area contributed by atoms with Crippen molar-refractivity contribution in [1.82, 2.24) is 5.32 Å². The average Bonchev–Trinajstić information content (AvgIpc) is 2.66. The molecule has 0 unspecified atom stereocenters. The third kappa shape index (κ3) is 5.70. The number of carbonyl (C=O) groups is 1. The summed E-state index contributed by atoms with van der Waals surface area (Å²) >= 11 is 0. The second kappa shape index (κ2) is 9.56. The number of nitrogens with zero attached hydrogens (tertiary/aromatic N) is 1. The second-order valence-corrected chi connectivity index (χ2v) is 6.46. The molecule has 0 aliphatic carbocycles. The van der Waals surface area contributed by atoms with Crippen LogP contribution in [-0.2, 0) is 6.54 Å². The van der Waals surface area contributed by atoms with Gasteiger partial charge in [0.1, 0.15) is 17.1 Å². The van der Waals surface area contributed by atoms with Crippen molar-refractivity contribution < 1.29 is 19.2 Å². The zero-order valence-electron chi connectivity index (χ0n) is 15.7. The molecule has 0 heterocycles. The molecular formula is C20H24N2O5. The predicted octanol–water partition coefficient (Wildman–Crippen LogP) is 3.96. The number of carbonyl (C=O) groups excluding carboxylic acids is 1. The number of methoxy groups -OCH3 is 1. The molecule has 0 aliphatic heterocycles. The predicted molar refractivity (Wildman–Crippen MR) is 102 cm³/mol. The number of rotatable bonds is 9. The van der Waals surface area contributed by atoms with Gasteiger partial charge in [0.15, 0.2) is 0 Å². The Morgan fingerprint density at radius 2 is 1.96 bits per heavy atom. The van der Waals surface area contributed by atoms with Crippen LogP contribution < -0.4 is 14.8 Å². The van der Waals surface area contributed by atoms with Crippen molar-refractivity contribution >= 4 is 11.6 Å². The molecule has 0 aliphatic rings. The van der Waals surface area contributed by atoms with Gasteiger partial charge in [0.25, 0.3) is 11.6 Å². The molecule has 144 valence electrons. The van der Waals surface area contributed by atoms with E-state index in [1.165, 1.54) is 25.3 Å². The van der Waals surface area contributed by atoms with Crippen LogP contribution in [0.1, 0.15) is 36.2 Å². The standard InChI is InChI=1S/C20H24N2O5/c1-14(2)10-11-27-19-7-5-4-6-15(19)13-21-20(23)17-12-16(26-3)8-9-18(17)22(24)25/h4-9,12,14H,10-11,13H2,1-3H3,(H,21,23). The first-order valence-electron chi connectivity index (χ1n) is 8.73. The highest BCUT2D eigenvalue weighted by atomic mass is 16.6. The van der Waals surface area contributed by atoms with E-state index in [4.69, 9.17) is 9.47 Å². The lowest BCUT2D eigenvalue weighted by Gasteiger charge is -2.13. The minimum Gasteiger partial charge on any atom is -0.497 e. The van der Waals surface area contributed by atoms with E-state index >= 15 is 0 Å². The van der Waals surface area contributed by atoms with Crippen LogP contribution in [0.3, 0.4) is 0 Å². The van der Waals surface area contributed by atoms with Gasteiger partial charge in [0, 0.05) is 18.2 Å². The van der Waals surface area contributed by atoms with Gasteiger partial charge in [0.2, 0.25) is 0 Å². The van der Waals surface area contributed by atoms with Crippen molar-refractivity contribution in [3.8, 4) is 11.5 Å². The van der Waals surface area contributed by atoms with Crippen LogP contribution in [0, 0.1) is 16.0 Å². The van der Waals surface area contributed by atoms with E-state index < -0.39 is 10.8 Å². The first kappa shape index (κ1) is 20.2. The van der Waals surface area contributed by atoms with E-state index in [1.54, 1.807) is 0 Å². The Morgan fingerprint density at radius 1 is 1.22 bits per heavy atom. The number of amides is 1. The number of benzene rings is 2. The van der Waals surface area contributed by atoms with Crippen LogP contribution in [0.2, 0.25) is 0 Å². The van der Waals surface area contributed by atoms with Crippen LogP contribution >= 0.6 is 0 Å². The number of hydrogen-bond donors (Lipinski definition) is 1. The van der Waals surface area contributed by atoms with Gasteiger partial charge in [-0.3, -0.25) is 14.9 Å². The summed E-state index contributed by atoms with van der Waals surface area (Å²) in [5, 5.41) is 13.9. The van der Waals surface area contributed by atoms with Gasteiger partial charge in [-0.2, -0.15) is 0 Å². The summed E-state index contributed by atoms with van der Waals surface area (Å²) in [5.41, 5.74) is 0.493. The van der Waals surface area contributed by atoms with Crippen LogP contribution in [-0.4, -0.2) is 24.5 Å². The van der Waals surface area contributed by atoms with Crippen LogP contribution in [0.5, 0.6) is 11.5 Å². The quantitative estimate of drug-likeness (QED) is 0.531. The number of nitro groups is 1. The maximum Gasteiger partial charge on any atom is 0.282 e. The van der Waals surface area contributed by atoms with Gasteiger partial charge >= 0.3 is 0 Å². The lowest BCUT2D eigenvalue weighted by atomic mass is 10.1.